The highest BCUT2D eigenvalue weighted by molar-refractivity contribution is 5.97. The monoisotopic (exact) mass is 379 g/mol. The van der Waals surface area contributed by atoms with Crippen molar-refractivity contribution >= 4 is 23.6 Å². The lowest BCUT2D eigenvalue weighted by atomic mass is 10.0. The van der Waals surface area contributed by atoms with E-state index in [4.69, 9.17) is 4.74 Å². The van der Waals surface area contributed by atoms with Crippen molar-refractivity contribution in [2.75, 3.05) is 5.32 Å². The quantitative estimate of drug-likeness (QED) is 0.527. The van der Waals surface area contributed by atoms with Crippen LogP contribution in [-0.4, -0.2) is 18.0 Å². The van der Waals surface area contributed by atoms with E-state index in [1.165, 1.54) is 11.6 Å². The maximum atomic E-state index is 12.4. The Morgan fingerprint density at radius 1 is 1.07 bits per heavy atom. The van der Waals surface area contributed by atoms with Gasteiger partial charge in [-0.1, -0.05) is 63.2 Å². The standard InChI is InChI=1S/C24H29NO3/c1-6-20-9-7-8-17(4)23(20)25-24(27)18(5)28-22(26)15-12-19-10-13-21(14-11-19)16(2)3/h7-16,18H,6H2,1-5H3,(H,25,27). The van der Waals surface area contributed by atoms with Gasteiger partial charge in [-0.25, -0.2) is 4.79 Å². The van der Waals surface area contributed by atoms with E-state index in [-0.39, 0.29) is 5.91 Å². The summed E-state index contributed by atoms with van der Waals surface area (Å²) in [4.78, 5) is 24.5. The number of benzene rings is 2. The maximum absolute atomic E-state index is 12.4. The van der Waals surface area contributed by atoms with Crippen LogP contribution in [0.3, 0.4) is 0 Å². The summed E-state index contributed by atoms with van der Waals surface area (Å²) in [7, 11) is 0. The van der Waals surface area contributed by atoms with Gasteiger partial charge in [-0.05, 0) is 54.5 Å². The molecule has 4 heteroatoms. The predicted molar refractivity (Wildman–Crippen MR) is 114 cm³/mol. The predicted octanol–water partition coefficient (Wildman–Crippen LogP) is 5.26. The van der Waals surface area contributed by atoms with Crippen LogP contribution in [0.5, 0.6) is 0 Å². The summed E-state index contributed by atoms with van der Waals surface area (Å²) >= 11 is 0. The fourth-order valence-corrected chi connectivity index (χ4v) is 2.85. The fourth-order valence-electron chi connectivity index (χ4n) is 2.85. The van der Waals surface area contributed by atoms with Gasteiger partial charge in [0, 0.05) is 11.8 Å². The second-order valence-corrected chi connectivity index (χ2v) is 7.19. The molecule has 1 unspecified atom stereocenters. The molecule has 1 amide bonds. The van der Waals surface area contributed by atoms with Gasteiger partial charge in [0.25, 0.3) is 5.91 Å². The molecule has 1 N–H and O–H groups in total. The smallest absolute Gasteiger partial charge is 0.331 e. The molecule has 0 aliphatic carbocycles. The molecule has 0 aliphatic heterocycles. The molecule has 0 saturated heterocycles. The fraction of sp³-hybridized carbons (Fsp3) is 0.333. The van der Waals surface area contributed by atoms with E-state index in [1.54, 1.807) is 13.0 Å². The van der Waals surface area contributed by atoms with E-state index in [1.807, 2.05) is 56.3 Å². The molecule has 1 atom stereocenters. The average Bonchev–Trinajstić information content (AvgIpc) is 2.68. The van der Waals surface area contributed by atoms with Gasteiger partial charge in [-0.15, -0.1) is 0 Å². The molecule has 0 bridgehead atoms. The molecule has 0 saturated carbocycles. The number of aryl methyl sites for hydroxylation is 2. The molecule has 2 aromatic rings. The third-order valence-electron chi connectivity index (χ3n) is 4.67. The number of amides is 1. The van der Waals surface area contributed by atoms with Gasteiger partial charge in [-0.3, -0.25) is 4.79 Å². The Morgan fingerprint density at radius 3 is 2.36 bits per heavy atom. The van der Waals surface area contributed by atoms with Gasteiger partial charge in [0.1, 0.15) is 0 Å². The summed E-state index contributed by atoms with van der Waals surface area (Å²) in [5, 5.41) is 2.89. The normalized spacial score (nSPS) is 12.2. The van der Waals surface area contributed by atoms with Gasteiger partial charge in [-0.2, -0.15) is 0 Å². The lowest BCUT2D eigenvalue weighted by Gasteiger charge is -2.16. The first-order valence-corrected chi connectivity index (χ1v) is 9.69. The van der Waals surface area contributed by atoms with Crippen LogP contribution in [0.1, 0.15) is 55.9 Å². The third kappa shape index (κ3) is 5.81. The Balaban J connectivity index is 1.95. The number of rotatable bonds is 7. The van der Waals surface area contributed by atoms with E-state index < -0.39 is 12.1 Å². The number of carbonyl (C=O) groups is 2. The molecule has 0 aromatic heterocycles. The number of anilines is 1. The number of hydrogen-bond acceptors (Lipinski definition) is 3. The highest BCUT2D eigenvalue weighted by Gasteiger charge is 2.18. The van der Waals surface area contributed by atoms with Crippen LogP contribution in [0, 0.1) is 6.92 Å². The topological polar surface area (TPSA) is 55.4 Å². The average molecular weight is 380 g/mol. The minimum atomic E-state index is -0.884. The number of ether oxygens (including phenoxy) is 1. The highest BCUT2D eigenvalue weighted by Crippen LogP contribution is 2.21. The third-order valence-corrected chi connectivity index (χ3v) is 4.67. The van der Waals surface area contributed by atoms with Gasteiger partial charge in [0.05, 0.1) is 0 Å². The van der Waals surface area contributed by atoms with Crippen molar-refractivity contribution < 1.29 is 14.3 Å². The minimum Gasteiger partial charge on any atom is -0.449 e. The highest BCUT2D eigenvalue weighted by atomic mass is 16.5. The van der Waals surface area contributed by atoms with Crippen LogP contribution in [0.4, 0.5) is 5.69 Å². The lowest BCUT2D eigenvalue weighted by molar-refractivity contribution is -0.148. The van der Waals surface area contributed by atoms with Crippen molar-refractivity contribution in [3.63, 3.8) is 0 Å². The lowest BCUT2D eigenvalue weighted by Crippen LogP contribution is -2.30. The number of hydrogen-bond donors (Lipinski definition) is 1. The van der Waals surface area contributed by atoms with Crippen LogP contribution in [0.15, 0.2) is 48.5 Å². The van der Waals surface area contributed by atoms with Crippen LogP contribution < -0.4 is 5.32 Å². The second kappa shape index (κ2) is 9.88. The first-order chi connectivity index (χ1) is 13.3. The van der Waals surface area contributed by atoms with Crippen molar-refractivity contribution in [3.05, 3.63) is 70.8 Å². The molecule has 0 spiro atoms. The van der Waals surface area contributed by atoms with Crippen LogP contribution in [-0.2, 0) is 20.7 Å². The molecule has 2 rings (SSSR count). The van der Waals surface area contributed by atoms with Crippen molar-refractivity contribution in [2.45, 2.75) is 53.1 Å². The van der Waals surface area contributed by atoms with E-state index in [2.05, 4.69) is 19.2 Å². The molecule has 0 fully saturated rings. The first kappa shape index (κ1) is 21.4. The van der Waals surface area contributed by atoms with Crippen LogP contribution in [0.25, 0.3) is 6.08 Å². The van der Waals surface area contributed by atoms with E-state index in [0.29, 0.717) is 5.92 Å². The molecule has 0 heterocycles. The summed E-state index contributed by atoms with van der Waals surface area (Å²) in [6.07, 6.45) is 2.96. The van der Waals surface area contributed by atoms with Gasteiger partial charge in [0.15, 0.2) is 6.10 Å². The summed E-state index contributed by atoms with van der Waals surface area (Å²) < 4.78 is 5.24. The number of carbonyl (C=O) groups excluding carboxylic acids is 2. The van der Waals surface area contributed by atoms with Crippen LogP contribution >= 0.6 is 0 Å². The largest absolute Gasteiger partial charge is 0.449 e. The molecule has 0 aliphatic rings. The summed E-state index contributed by atoms with van der Waals surface area (Å²) in [5.74, 6) is -0.424. The molecular formula is C24H29NO3. The Labute approximate surface area is 167 Å². The zero-order valence-electron chi connectivity index (χ0n) is 17.3. The van der Waals surface area contributed by atoms with E-state index in [9.17, 15) is 9.59 Å². The minimum absolute atomic E-state index is 0.341. The molecule has 4 nitrogen and oxygen atoms in total. The molecule has 148 valence electrons. The molecular weight excluding hydrogens is 350 g/mol. The maximum Gasteiger partial charge on any atom is 0.331 e. The Hall–Kier alpha value is -2.88. The number of esters is 1. The van der Waals surface area contributed by atoms with Gasteiger partial charge in [0.2, 0.25) is 0 Å². The van der Waals surface area contributed by atoms with Gasteiger partial charge < -0.3 is 10.1 Å². The SMILES string of the molecule is CCc1cccc(C)c1NC(=O)C(C)OC(=O)C=Cc1ccc(C(C)C)cc1. The molecule has 2 aromatic carbocycles. The summed E-state index contributed by atoms with van der Waals surface area (Å²) in [6, 6.07) is 13.9. The zero-order chi connectivity index (χ0) is 20.7. The van der Waals surface area contributed by atoms with E-state index >= 15 is 0 Å². The Bertz CT molecular complexity index is 851. The first-order valence-electron chi connectivity index (χ1n) is 9.69. The zero-order valence-corrected chi connectivity index (χ0v) is 17.3. The van der Waals surface area contributed by atoms with Crippen molar-refractivity contribution in [3.8, 4) is 0 Å². The van der Waals surface area contributed by atoms with Crippen LogP contribution in [0.2, 0.25) is 0 Å². The Morgan fingerprint density at radius 2 is 1.75 bits per heavy atom. The molecule has 0 radical (unpaired) electrons. The van der Waals surface area contributed by atoms with Gasteiger partial charge >= 0.3 is 5.97 Å². The van der Waals surface area contributed by atoms with Crippen molar-refractivity contribution in [2.24, 2.45) is 0 Å². The van der Waals surface area contributed by atoms with Crippen molar-refractivity contribution in [1.82, 2.24) is 0 Å². The molecule has 28 heavy (non-hydrogen) atoms. The number of para-hydroxylation sites is 1. The summed E-state index contributed by atoms with van der Waals surface area (Å²) in [5.41, 5.74) is 4.98. The van der Waals surface area contributed by atoms with E-state index in [0.717, 1.165) is 28.8 Å². The Kier molecular flexibility index (Phi) is 7.56. The number of nitrogens with one attached hydrogen (secondary N) is 1. The second-order valence-electron chi connectivity index (χ2n) is 7.19. The van der Waals surface area contributed by atoms with Crippen molar-refractivity contribution in [1.29, 1.82) is 0 Å². The summed E-state index contributed by atoms with van der Waals surface area (Å²) in [6.45, 7) is 9.82.